The smallest absolute Gasteiger partial charge is 0.247 e. The molecular weight excluding hydrogens is 460 g/mol. The van der Waals surface area contributed by atoms with Crippen LogP contribution in [0.25, 0.3) is 11.1 Å². The molecule has 0 aliphatic carbocycles. The second-order valence-electron chi connectivity index (χ2n) is 7.21. The summed E-state index contributed by atoms with van der Waals surface area (Å²) in [5.74, 6) is -0.569. The molecule has 0 radical (unpaired) electrons. The average Bonchev–Trinajstić information content (AvgIpc) is 2.80. The van der Waals surface area contributed by atoms with E-state index in [4.69, 9.17) is 11.6 Å². The number of anilines is 2. The predicted octanol–water partition coefficient (Wildman–Crippen LogP) is 5.11. The Morgan fingerprint density at radius 2 is 1.67 bits per heavy atom. The Kier molecular flexibility index (Phi) is 7.68. The van der Waals surface area contributed by atoms with Crippen LogP contribution in [0.2, 0.25) is 5.02 Å². The number of sulfone groups is 1. The third kappa shape index (κ3) is 6.09. The van der Waals surface area contributed by atoms with Crippen molar-refractivity contribution in [3.63, 3.8) is 0 Å². The zero-order valence-electron chi connectivity index (χ0n) is 18.0. The van der Waals surface area contributed by atoms with Crippen LogP contribution in [0, 0.1) is 0 Å². The molecule has 0 atom stereocenters. The van der Waals surface area contributed by atoms with E-state index >= 15 is 0 Å². The number of hydrogen-bond acceptors (Lipinski definition) is 4. The Hall–Kier alpha value is -3.42. The van der Waals surface area contributed by atoms with E-state index in [1.54, 1.807) is 49.4 Å². The summed E-state index contributed by atoms with van der Waals surface area (Å²) < 4.78 is 23.8. The Balaban J connectivity index is 1.73. The number of hydrogen-bond donors (Lipinski definition) is 2. The summed E-state index contributed by atoms with van der Waals surface area (Å²) in [6.07, 6.45) is 1.27. The average molecular weight is 483 g/mol. The highest BCUT2D eigenvalue weighted by Crippen LogP contribution is 2.35. The van der Waals surface area contributed by atoms with Gasteiger partial charge in [0, 0.05) is 22.5 Å². The van der Waals surface area contributed by atoms with Gasteiger partial charge < -0.3 is 10.6 Å². The minimum atomic E-state index is -3.28. The summed E-state index contributed by atoms with van der Waals surface area (Å²) in [4.78, 5) is 24.4. The van der Waals surface area contributed by atoms with E-state index in [-0.39, 0.29) is 28.9 Å². The number of carbonyl (C=O) groups excluding carboxylic acids is 2. The van der Waals surface area contributed by atoms with Gasteiger partial charge in [-0.3, -0.25) is 9.59 Å². The lowest BCUT2D eigenvalue weighted by Gasteiger charge is -2.13. The Bertz CT molecular complexity index is 1300. The largest absolute Gasteiger partial charge is 0.326 e. The number of amides is 2. The van der Waals surface area contributed by atoms with Gasteiger partial charge in [-0.1, -0.05) is 61.5 Å². The molecular formula is C25H23ClN2O4S. The molecule has 0 aliphatic rings. The lowest BCUT2D eigenvalue weighted by atomic mass is 10.0. The van der Waals surface area contributed by atoms with Crippen molar-refractivity contribution in [3.8, 4) is 11.1 Å². The summed E-state index contributed by atoms with van der Waals surface area (Å²) in [6.45, 7) is 5.05. The predicted molar refractivity (Wildman–Crippen MR) is 132 cm³/mol. The van der Waals surface area contributed by atoms with Crippen LogP contribution < -0.4 is 10.6 Å². The third-order valence-electron chi connectivity index (χ3n) is 4.94. The van der Waals surface area contributed by atoms with Gasteiger partial charge in [0.25, 0.3) is 0 Å². The van der Waals surface area contributed by atoms with Gasteiger partial charge in [0.2, 0.25) is 11.8 Å². The van der Waals surface area contributed by atoms with Crippen LogP contribution in [-0.4, -0.2) is 26.0 Å². The topological polar surface area (TPSA) is 92.3 Å². The SMILES string of the molecule is C=CC(=O)Nc1ccccc1-c1ccc(NC(=O)Cc2ccc(S(=O)(=O)CC)cc2)cc1Cl. The zero-order valence-corrected chi connectivity index (χ0v) is 19.5. The lowest BCUT2D eigenvalue weighted by molar-refractivity contribution is -0.115. The molecule has 2 amide bonds. The highest BCUT2D eigenvalue weighted by molar-refractivity contribution is 7.91. The van der Waals surface area contributed by atoms with E-state index in [0.29, 0.717) is 27.5 Å². The first kappa shape index (κ1) is 24.2. The maximum atomic E-state index is 12.5. The molecule has 3 rings (SSSR count). The van der Waals surface area contributed by atoms with Crippen LogP contribution in [0.4, 0.5) is 11.4 Å². The van der Waals surface area contributed by atoms with Crippen molar-refractivity contribution in [2.45, 2.75) is 18.2 Å². The van der Waals surface area contributed by atoms with Gasteiger partial charge in [0.05, 0.1) is 22.1 Å². The van der Waals surface area contributed by atoms with Crippen LogP contribution >= 0.6 is 11.6 Å². The normalized spacial score (nSPS) is 11.0. The summed E-state index contributed by atoms with van der Waals surface area (Å²) in [7, 11) is -3.28. The van der Waals surface area contributed by atoms with E-state index in [1.807, 2.05) is 12.1 Å². The van der Waals surface area contributed by atoms with Gasteiger partial charge in [-0.25, -0.2) is 8.42 Å². The monoisotopic (exact) mass is 482 g/mol. The van der Waals surface area contributed by atoms with Gasteiger partial charge >= 0.3 is 0 Å². The van der Waals surface area contributed by atoms with Crippen molar-refractivity contribution in [2.24, 2.45) is 0 Å². The van der Waals surface area contributed by atoms with E-state index in [1.165, 1.54) is 18.2 Å². The molecule has 0 saturated carbocycles. The maximum Gasteiger partial charge on any atom is 0.247 e. The van der Waals surface area contributed by atoms with Crippen molar-refractivity contribution >= 4 is 44.6 Å². The number of carbonyl (C=O) groups is 2. The van der Waals surface area contributed by atoms with Crippen LogP contribution in [0.5, 0.6) is 0 Å². The van der Waals surface area contributed by atoms with Crippen molar-refractivity contribution in [1.82, 2.24) is 0 Å². The van der Waals surface area contributed by atoms with Crippen LogP contribution in [0.1, 0.15) is 12.5 Å². The summed E-state index contributed by atoms with van der Waals surface area (Å²) in [6, 6.07) is 18.6. The third-order valence-corrected chi connectivity index (χ3v) is 7.00. The van der Waals surface area contributed by atoms with Gasteiger partial charge in [0.1, 0.15) is 0 Å². The first-order chi connectivity index (χ1) is 15.7. The van der Waals surface area contributed by atoms with Gasteiger partial charge in [-0.15, -0.1) is 0 Å². The van der Waals surface area contributed by atoms with Crippen LogP contribution in [0.3, 0.4) is 0 Å². The zero-order chi connectivity index (χ0) is 24.0. The van der Waals surface area contributed by atoms with Crippen molar-refractivity contribution in [2.75, 3.05) is 16.4 Å². The van der Waals surface area contributed by atoms with Gasteiger partial charge in [-0.05, 0) is 42.0 Å². The Labute approximate surface area is 198 Å². The highest BCUT2D eigenvalue weighted by atomic mass is 35.5. The molecule has 0 spiro atoms. The Morgan fingerprint density at radius 1 is 0.970 bits per heavy atom. The molecule has 33 heavy (non-hydrogen) atoms. The minimum Gasteiger partial charge on any atom is -0.326 e. The summed E-state index contributed by atoms with van der Waals surface area (Å²) in [5, 5.41) is 5.96. The quantitative estimate of drug-likeness (QED) is 0.436. The molecule has 0 aliphatic heterocycles. The second kappa shape index (κ2) is 10.5. The van der Waals surface area contributed by atoms with E-state index < -0.39 is 9.84 Å². The number of benzene rings is 3. The fourth-order valence-corrected chi connectivity index (χ4v) is 4.36. The molecule has 3 aromatic carbocycles. The fraction of sp³-hybridized carbons (Fsp3) is 0.120. The maximum absolute atomic E-state index is 12.5. The van der Waals surface area contributed by atoms with E-state index in [0.717, 1.165) is 5.56 Å². The summed E-state index contributed by atoms with van der Waals surface area (Å²) >= 11 is 6.48. The van der Waals surface area contributed by atoms with Crippen molar-refractivity contribution in [3.05, 3.63) is 90.0 Å². The fourth-order valence-electron chi connectivity index (χ4n) is 3.19. The minimum absolute atomic E-state index is 0.0225. The number of para-hydroxylation sites is 1. The molecule has 0 fully saturated rings. The highest BCUT2D eigenvalue weighted by Gasteiger charge is 2.13. The van der Waals surface area contributed by atoms with Crippen LogP contribution in [-0.2, 0) is 25.8 Å². The van der Waals surface area contributed by atoms with Crippen LogP contribution in [0.15, 0.2) is 84.3 Å². The molecule has 6 nitrogen and oxygen atoms in total. The molecule has 0 bridgehead atoms. The molecule has 0 heterocycles. The first-order valence-electron chi connectivity index (χ1n) is 10.2. The Morgan fingerprint density at radius 3 is 2.30 bits per heavy atom. The van der Waals surface area contributed by atoms with E-state index in [2.05, 4.69) is 17.2 Å². The summed E-state index contributed by atoms with van der Waals surface area (Å²) in [5.41, 5.74) is 3.23. The van der Waals surface area contributed by atoms with Gasteiger partial charge in [-0.2, -0.15) is 0 Å². The van der Waals surface area contributed by atoms with E-state index in [9.17, 15) is 18.0 Å². The molecule has 0 aromatic heterocycles. The second-order valence-corrected chi connectivity index (χ2v) is 9.89. The number of halogens is 1. The molecule has 0 saturated heterocycles. The van der Waals surface area contributed by atoms with Crippen molar-refractivity contribution < 1.29 is 18.0 Å². The number of rotatable bonds is 8. The van der Waals surface area contributed by atoms with Gasteiger partial charge in [0.15, 0.2) is 9.84 Å². The molecule has 0 unspecified atom stereocenters. The lowest BCUT2D eigenvalue weighted by Crippen LogP contribution is -2.14. The number of nitrogens with one attached hydrogen (secondary N) is 2. The van der Waals surface area contributed by atoms with Crippen molar-refractivity contribution in [1.29, 1.82) is 0 Å². The standard InChI is InChI=1S/C25H23ClN2O4S/c1-3-24(29)28-23-8-6-5-7-21(23)20-14-11-18(16-22(20)26)27-25(30)15-17-9-12-19(13-10-17)33(31,32)4-2/h3,5-14,16H,1,4,15H2,2H3,(H,27,30)(H,28,29). The first-order valence-corrected chi connectivity index (χ1v) is 12.2. The molecule has 170 valence electrons. The molecule has 2 N–H and O–H groups in total. The molecule has 8 heteroatoms. The molecule has 3 aromatic rings.